The van der Waals surface area contributed by atoms with Crippen molar-refractivity contribution < 1.29 is 4.42 Å². The minimum Gasteiger partial charge on any atom is -0.431 e. The lowest BCUT2D eigenvalue weighted by Crippen LogP contribution is -2.00. The third kappa shape index (κ3) is 3.44. The molecule has 0 aliphatic rings. The highest BCUT2D eigenvalue weighted by molar-refractivity contribution is 7.98. The van der Waals surface area contributed by atoms with Crippen LogP contribution in [0.25, 0.3) is 21.9 Å². The molecule has 0 radical (unpaired) electrons. The van der Waals surface area contributed by atoms with Crippen LogP contribution in [0.2, 0.25) is 0 Å². The average molecular weight is 372 g/mol. The molecule has 0 aliphatic carbocycles. The number of rotatable bonds is 5. The molecule has 5 aromatic rings. The molecule has 3 aromatic carbocycles. The lowest BCUT2D eigenvalue weighted by Gasteiger charge is -2.03. The fourth-order valence-electron chi connectivity index (χ4n) is 3.05. The predicted octanol–water partition coefficient (Wildman–Crippen LogP) is 4.91. The van der Waals surface area contributed by atoms with Gasteiger partial charge in [-0.25, -0.2) is 9.67 Å². The zero-order valence-electron chi connectivity index (χ0n) is 14.4. The van der Waals surface area contributed by atoms with Gasteiger partial charge in [0.25, 0.3) is 5.22 Å². The van der Waals surface area contributed by atoms with E-state index in [-0.39, 0.29) is 0 Å². The maximum atomic E-state index is 5.73. The quantitative estimate of drug-likeness (QED) is 0.410. The standard InChI is InChI=1S/C21H16N4OS/c1-2-6-17-11-15(9-10-16(17)5-1)12-25-13-18(23-24-25)14-27-21-22-19-7-3-4-8-20(19)26-21/h1-11,13H,12,14H2. The molecular weight excluding hydrogens is 356 g/mol. The Kier molecular flexibility index (Phi) is 4.10. The first-order chi connectivity index (χ1) is 13.3. The Labute approximate surface area is 160 Å². The Bertz CT molecular complexity index is 1190. The molecule has 0 saturated heterocycles. The molecule has 132 valence electrons. The smallest absolute Gasteiger partial charge is 0.257 e. The van der Waals surface area contributed by atoms with Gasteiger partial charge in [-0.1, -0.05) is 65.5 Å². The van der Waals surface area contributed by atoms with Crippen LogP contribution in [0.1, 0.15) is 11.3 Å². The normalized spacial score (nSPS) is 11.4. The van der Waals surface area contributed by atoms with Crippen molar-refractivity contribution in [3.8, 4) is 0 Å². The number of aromatic nitrogens is 4. The largest absolute Gasteiger partial charge is 0.431 e. The van der Waals surface area contributed by atoms with Crippen molar-refractivity contribution >= 4 is 33.6 Å². The van der Waals surface area contributed by atoms with Gasteiger partial charge in [-0.05, 0) is 34.5 Å². The number of hydrogen-bond acceptors (Lipinski definition) is 5. The van der Waals surface area contributed by atoms with E-state index in [0.29, 0.717) is 17.5 Å². The van der Waals surface area contributed by atoms with Crippen LogP contribution in [0.15, 0.2) is 82.6 Å². The summed E-state index contributed by atoms with van der Waals surface area (Å²) in [6, 6.07) is 22.6. The van der Waals surface area contributed by atoms with E-state index < -0.39 is 0 Å². The van der Waals surface area contributed by atoms with Gasteiger partial charge < -0.3 is 4.42 Å². The summed E-state index contributed by atoms with van der Waals surface area (Å²) < 4.78 is 7.60. The van der Waals surface area contributed by atoms with E-state index in [1.54, 1.807) is 0 Å². The van der Waals surface area contributed by atoms with Gasteiger partial charge in [-0.15, -0.1) is 5.10 Å². The number of para-hydroxylation sites is 2. The van der Waals surface area contributed by atoms with Gasteiger partial charge in [0.1, 0.15) is 5.52 Å². The fourth-order valence-corrected chi connectivity index (χ4v) is 3.77. The van der Waals surface area contributed by atoms with Crippen LogP contribution in [0.3, 0.4) is 0 Å². The number of thioether (sulfide) groups is 1. The van der Waals surface area contributed by atoms with Crippen LogP contribution < -0.4 is 0 Å². The second-order valence-corrected chi connectivity index (χ2v) is 7.25. The minimum absolute atomic E-state index is 0.653. The van der Waals surface area contributed by atoms with Gasteiger partial charge >= 0.3 is 0 Å². The third-order valence-corrected chi connectivity index (χ3v) is 5.22. The highest BCUT2D eigenvalue weighted by Gasteiger charge is 2.08. The van der Waals surface area contributed by atoms with Crippen molar-refractivity contribution in [2.45, 2.75) is 17.5 Å². The first-order valence-electron chi connectivity index (χ1n) is 8.68. The highest BCUT2D eigenvalue weighted by Crippen LogP contribution is 2.25. The molecule has 0 unspecified atom stereocenters. The van der Waals surface area contributed by atoms with E-state index in [1.807, 2.05) is 35.1 Å². The molecule has 0 spiro atoms. The molecule has 6 heteroatoms. The maximum Gasteiger partial charge on any atom is 0.257 e. The molecule has 0 aliphatic heterocycles. The second kappa shape index (κ2) is 6.89. The topological polar surface area (TPSA) is 56.7 Å². The van der Waals surface area contributed by atoms with Crippen LogP contribution in [-0.4, -0.2) is 20.0 Å². The van der Waals surface area contributed by atoms with E-state index >= 15 is 0 Å². The molecule has 5 nitrogen and oxygen atoms in total. The number of fused-ring (bicyclic) bond motifs is 2. The van der Waals surface area contributed by atoms with Crippen LogP contribution in [0.4, 0.5) is 0 Å². The fraction of sp³-hybridized carbons (Fsp3) is 0.0952. The van der Waals surface area contributed by atoms with E-state index in [4.69, 9.17) is 4.42 Å². The van der Waals surface area contributed by atoms with Gasteiger partial charge in [0.15, 0.2) is 5.58 Å². The third-order valence-electron chi connectivity index (χ3n) is 4.36. The Morgan fingerprint density at radius 1 is 0.926 bits per heavy atom. The summed E-state index contributed by atoms with van der Waals surface area (Å²) in [6.07, 6.45) is 1.98. The molecule has 27 heavy (non-hydrogen) atoms. The van der Waals surface area contributed by atoms with Crippen molar-refractivity contribution in [1.82, 2.24) is 20.0 Å². The first kappa shape index (κ1) is 16.1. The monoisotopic (exact) mass is 372 g/mol. The second-order valence-electron chi connectivity index (χ2n) is 6.33. The Morgan fingerprint density at radius 2 is 1.78 bits per heavy atom. The molecular formula is C21H16N4OS. The molecule has 2 aromatic heterocycles. The number of benzene rings is 3. The van der Waals surface area contributed by atoms with Gasteiger partial charge in [-0.2, -0.15) is 0 Å². The van der Waals surface area contributed by atoms with E-state index in [9.17, 15) is 0 Å². The molecule has 0 fully saturated rings. The lowest BCUT2D eigenvalue weighted by atomic mass is 10.1. The van der Waals surface area contributed by atoms with Crippen molar-refractivity contribution in [3.63, 3.8) is 0 Å². The summed E-state index contributed by atoms with van der Waals surface area (Å²) in [6.45, 7) is 0.700. The summed E-state index contributed by atoms with van der Waals surface area (Å²) >= 11 is 1.53. The average Bonchev–Trinajstić information content (AvgIpc) is 3.32. The van der Waals surface area contributed by atoms with Gasteiger partial charge in [0.05, 0.1) is 12.2 Å². The predicted molar refractivity (Wildman–Crippen MR) is 107 cm³/mol. The molecule has 0 bridgehead atoms. The van der Waals surface area contributed by atoms with Crippen molar-refractivity contribution in [1.29, 1.82) is 0 Å². The van der Waals surface area contributed by atoms with Crippen LogP contribution in [-0.2, 0) is 12.3 Å². The van der Waals surface area contributed by atoms with Crippen LogP contribution in [0.5, 0.6) is 0 Å². The molecule has 2 heterocycles. The highest BCUT2D eigenvalue weighted by atomic mass is 32.2. The summed E-state index contributed by atoms with van der Waals surface area (Å²) in [5.41, 5.74) is 3.79. The summed E-state index contributed by atoms with van der Waals surface area (Å²) in [5.74, 6) is 0.671. The van der Waals surface area contributed by atoms with E-state index in [1.165, 1.54) is 28.1 Å². The Hall–Kier alpha value is -3.12. The van der Waals surface area contributed by atoms with Gasteiger partial charge in [-0.3, -0.25) is 0 Å². The van der Waals surface area contributed by atoms with E-state index in [2.05, 4.69) is 57.8 Å². The van der Waals surface area contributed by atoms with Crippen LogP contribution >= 0.6 is 11.8 Å². The lowest BCUT2D eigenvalue weighted by molar-refractivity contribution is 0.489. The first-order valence-corrected chi connectivity index (χ1v) is 9.67. The van der Waals surface area contributed by atoms with Gasteiger partial charge in [0, 0.05) is 11.9 Å². The van der Waals surface area contributed by atoms with Crippen molar-refractivity contribution in [2.75, 3.05) is 0 Å². The maximum absolute atomic E-state index is 5.73. The summed E-state index contributed by atoms with van der Waals surface area (Å²) in [7, 11) is 0. The molecule has 0 amide bonds. The zero-order chi connectivity index (χ0) is 18.1. The molecule has 0 saturated carbocycles. The Balaban J connectivity index is 1.27. The SMILES string of the molecule is c1ccc2cc(Cn3cc(CSc4nc5ccccc5o4)nn3)ccc2c1. The zero-order valence-corrected chi connectivity index (χ0v) is 15.3. The van der Waals surface area contributed by atoms with Crippen LogP contribution in [0, 0.1) is 0 Å². The van der Waals surface area contributed by atoms with E-state index in [0.717, 1.165) is 16.8 Å². The summed E-state index contributed by atoms with van der Waals surface area (Å²) in [4.78, 5) is 4.47. The molecule has 0 atom stereocenters. The Morgan fingerprint density at radius 3 is 2.70 bits per heavy atom. The molecule has 5 rings (SSSR count). The van der Waals surface area contributed by atoms with Gasteiger partial charge in [0.2, 0.25) is 0 Å². The van der Waals surface area contributed by atoms with Crippen molar-refractivity contribution in [2.24, 2.45) is 0 Å². The number of oxazole rings is 1. The summed E-state index contributed by atoms with van der Waals surface area (Å²) in [5, 5.41) is 11.7. The van der Waals surface area contributed by atoms with Crippen molar-refractivity contribution in [3.05, 3.63) is 84.2 Å². The number of hydrogen-bond donors (Lipinski definition) is 0. The molecule has 0 N–H and O–H groups in total. The number of nitrogens with zero attached hydrogens (tertiary/aromatic N) is 4. The minimum atomic E-state index is 0.653.